The van der Waals surface area contributed by atoms with E-state index in [4.69, 9.17) is 8.22 Å². The van der Waals surface area contributed by atoms with Gasteiger partial charge in [-0.25, -0.2) is 0 Å². The standard InChI is InChI=1S/C19H17N/c1-14-7-6-8-15(2)19(14)17-11-12-20-18(13-17)16-9-4-3-5-10-16/h3-13H,1-2H3/i1D3,2D3. The molecular formula is C19H17N. The quantitative estimate of drug-likeness (QED) is 0.633. The van der Waals surface area contributed by atoms with Gasteiger partial charge in [0.1, 0.15) is 0 Å². The molecule has 0 N–H and O–H groups in total. The highest BCUT2D eigenvalue weighted by Gasteiger charge is 2.07. The molecule has 0 aliphatic carbocycles. The highest BCUT2D eigenvalue weighted by molar-refractivity contribution is 5.74. The minimum atomic E-state index is -2.42. The summed E-state index contributed by atoms with van der Waals surface area (Å²) in [6, 6.07) is 17.2. The smallest absolute Gasteiger partial charge is 0.0708 e. The first-order chi connectivity index (χ1) is 12.2. The van der Waals surface area contributed by atoms with E-state index in [1.807, 2.05) is 30.3 Å². The number of aryl methyl sites for hydroxylation is 2. The molecule has 2 aromatic carbocycles. The summed E-state index contributed by atoms with van der Waals surface area (Å²) in [5.74, 6) is 0. The fourth-order valence-corrected chi connectivity index (χ4v) is 2.22. The zero-order valence-electron chi connectivity index (χ0n) is 16.8. The molecule has 98 valence electrons. The molecule has 3 rings (SSSR count). The van der Waals surface area contributed by atoms with Gasteiger partial charge in [0.2, 0.25) is 0 Å². The lowest BCUT2D eigenvalue weighted by Gasteiger charge is -2.11. The summed E-state index contributed by atoms with van der Waals surface area (Å²) in [6.45, 7) is -4.85. The highest BCUT2D eigenvalue weighted by Crippen LogP contribution is 2.29. The third-order valence-corrected chi connectivity index (χ3v) is 3.18. The molecule has 0 bridgehead atoms. The third-order valence-electron chi connectivity index (χ3n) is 3.18. The monoisotopic (exact) mass is 265 g/mol. The number of rotatable bonds is 2. The normalized spacial score (nSPS) is 16.2. The maximum absolute atomic E-state index is 7.82. The van der Waals surface area contributed by atoms with Crippen molar-refractivity contribution in [3.05, 3.63) is 78.0 Å². The van der Waals surface area contributed by atoms with E-state index in [1.54, 1.807) is 18.3 Å². The number of nitrogens with zero attached hydrogens (tertiary/aromatic N) is 1. The number of hydrogen-bond acceptors (Lipinski definition) is 1. The molecule has 1 heterocycles. The van der Waals surface area contributed by atoms with Gasteiger partial charge in [-0.15, -0.1) is 0 Å². The van der Waals surface area contributed by atoms with Crippen LogP contribution in [0.4, 0.5) is 0 Å². The van der Waals surface area contributed by atoms with E-state index in [-0.39, 0.29) is 16.7 Å². The number of pyridine rings is 1. The Labute approximate surface area is 128 Å². The summed E-state index contributed by atoms with van der Waals surface area (Å²) >= 11 is 0. The average molecular weight is 265 g/mol. The van der Waals surface area contributed by atoms with Crippen molar-refractivity contribution in [3.63, 3.8) is 0 Å². The lowest BCUT2D eigenvalue weighted by atomic mass is 9.95. The van der Waals surface area contributed by atoms with E-state index < -0.39 is 13.7 Å². The second kappa shape index (κ2) is 5.30. The zero-order chi connectivity index (χ0) is 18.9. The van der Waals surface area contributed by atoms with Gasteiger partial charge in [0.05, 0.1) is 5.69 Å². The molecular weight excluding hydrogens is 242 g/mol. The van der Waals surface area contributed by atoms with Crippen LogP contribution >= 0.6 is 0 Å². The summed E-state index contributed by atoms with van der Waals surface area (Å²) < 4.78 is 46.9. The van der Waals surface area contributed by atoms with E-state index in [9.17, 15) is 0 Å². The molecule has 1 nitrogen and oxygen atoms in total. The summed E-state index contributed by atoms with van der Waals surface area (Å²) in [6.07, 6.45) is 1.57. The Kier molecular flexibility index (Phi) is 1.96. The molecule has 0 saturated heterocycles. The van der Waals surface area contributed by atoms with Crippen LogP contribution in [-0.4, -0.2) is 4.98 Å². The van der Waals surface area contributed by atoms with Crippen LogP contribution in [-0.2, 0) is 0 Å². The van der Waals surface area contributed by atoms with Crippen molar-refractivity contribution in [2.45, 2.75) is 13.7 Å². The summed E-state index contributed by atoms with van der Waals surface area (Å²) in [5, 5.41) is 0. The second-order valence-corrected chi connectivity index (χ2v) is 4.52. The Morgan fingerprint density at radius 2 is 1.55 bits per heavy atom. The summed E-state index contributed by atoms with van der Waals surface area (Å²) in [4.78, 5) is 4.34. The van der Waals surface area contributed by atoms with Crippen LogP contribution in [0.2, 0.25) is 0 Å². The number of hydrogen-bond donors (Lipinski definition) is 0. The topological polar surface area (TPSA) is 12.9 Å². The molecule has 0 saturated carbocycles. The van der Waals surface area contributed by atoms with Gasteiger partial charge in [0.25, 0.3) is 0 Å². The predicted octanol–water partition coefficient (Wildman–Crippen LogP) is 5.03. The van der Waals surface area contributed by atoms with Crippen molar-refractivity contribution in [1.82, 2.24) is 4.98 Å². The molecule has 1 aromatic heterocycles. The van der Waals surface area contributed by atoms with E-state index in [2.05, 4.69) is 4.98 Å². The predicted molar refractivity (Wildman–Crippen MR) is 84.6 cm³/mol. The van der Waals surface area contributed by atoms with E-state index in [0.29, 0.717) is 11.3 Å². The first kappa shape index (κ1) is 7.39. The molecule has 0 spiro atoms. The molecule has 20 heavy (non-hydrogen) atoms. The largest absolute Gasteiger partial charge is 0.256 e. The van der Waals surface area contributed by atoms with Crippen LogP contribution in [0.3, 0.4) is 0 Å². The van der Waals surface area contributed by atoms with Gasteiger partial charge >= 0.3 is 0 Å². The summed E-state index contributed by atoms with van der Waals surface area (Å²) in [7, 11) is 0. The lowest BCUT2D eigenvalue weighted by Crippen LogP contribution is -1.90. The molecule has 0 unspecified atom stereocenters. The van der Waals surface area contributed by atoms with Gasteiger partial charge in [0, 0.05) is 20.0 Å². The van der Waals surface area contributed by atoms with Crippen molar-refractivity contribution in [2.24, 2.45) is 0 Å². The van der Waals surface area contributed by atoms with Gasteiger partial charge in [-0.2, -0.15) is 0 Å². The fourth-order valence-electron chi connectivity index (χ4n) is 2.22. The minimum Gasteiger partial charge on any atom is -0.256 e. The van der Waals surface area contributed by atoms with Crippen molar-refractivity contribution in [3.8, 4) is 22.4 Å². The van der Waals surface area contributed by atoms with Crippen LogP contribution < -0.4 is 0 Å². The van der Waals surface area contributed by atoms with Gasteiger partial charge in [0.15, 0.2) is 0 Å². The first-order valence-corrected chi connectivity index (χ1v) is 6.34. The molecule has 0 radical (unpaired) electrons. The Morgan fingerprint density at radius 1 is 0.800 bits per heavy atom. The van der Waals surface area contributed by atoms with Gasteiger partial charge < -0.3 is 0 Å². The SMILES string of the molecule is [2H]C([2H])([2H])c1cccc(C([2H])([2H])[2H])c1-c1ccnc(-c2ccccc2)c1. The van der Waals surface area contributed by atoms with Gasteiger partial charge in [-0.05, 0) is 48.1 Å². The van der Waals surface area contributed by atoms with Crippen LogP contribution in [0.25, 0.3) is 22.4 Å². The van der Waals surface area contributed by atoms with Crippen LogP contribution in [0.1, 0.15) is 19.4 Å². The summed E-state index contributed by atoms with van der Waals surface area (Å²) in [5.41, 5.74) is 2.33. The number of benzene rings is 2. The van der Waals surface area contributed by atoms with Crippen molar-refractivity contribution in [1.29, 1.82) is 0 Å². The highest BCUT2D eigenvalue weighted by atomic mass is 14.7. The minimum absolute atomic E-state index is 0.0244. The van der Waals surface area contributed by atoms with Crippen molar-refractivity contribution >= 4 is 0 Å². The average Bonchev–Trinajstić information content (AvgIpc) is 2.60. The molecule has 1 heteroatoms. The maximum atomic E-state index is 7.82. The van der Waals surface area contributed by atoms with Crippen molar-refractivity contribution in [2.75, 3.05) is 0 Å². The van der Waals surface area contributed by atoms with E-state index in [1.165, 1.54) is 18.2 Å². The van der Waals surface area contributed by atoms with E-state index in [0.717, 1.165) is 5.56 Å². The van der Waals surface area contributed by atoms with E-state index >= 15 is 0 Å². The molecule has 0 amide bonds. The van der Waals surface area contributed by atoms with Gasteiger partial charge in [-0.1, -0.05) is 48.5 Å². The lowest BCUT2D eigenvalue weighted by molar-refractivity contribution is 1.31. The zero-order valence-corrected chi connectivity index (χ0v) is 10.8. The maximum Gasteiger partial charge on any atom is 0.0708 e. The molecule has 0 fully saturated rings. The van der Waals surface area contributed by atoms with Crippen LogP contribution in [0, 0.1) is 13.7 Å². The molecule has 0 aliphatic rings. The Hall–Kier alpha value is -2.41. The van der Waals surface area contributed by atoms with Crippen LogP contribution in [0.5, 0.6) is 0 Å². The number of aromatic nitrogens is 1. The molecule has 3 aromatic rings. The van der Waals surface area contributed by atoms with Crippen LogP contribution in [0.15, 0.2) is 66.9 Å². The Morgan fingerprint density at radius 3 is 2.25 bits per heavy atom. The first-order valence-electron chi connectivity index (χ1n) is 9.34. The van der Waals surface area contributed by atoms with Gasteiger partial charge in [-0.3, -0.25) is 4.98 Å². The molecule has 0 atom stereocenters. The molecule has 0 aliphatic heterocycles. The fraction of sp³-hybridized carbons (Fsp3) is 0.105. The third kappa shape index (κ3) is 2.35. The second-order valence-electron chi connectivity index (χ2n) is 4.52. The Balaban J connectivity index is 2.27. The van der Waals surface area contributed by atoms with Crippen molar-refractivity contribution < 1.29 is 8.22 Å². The Bertz CT molecular complexity index is 881.